The number of hydrogen-bond donors (Lipinski definition) is 3. The van der Waals surface area contributed by atoms with E-state index in [2.05, 4.69) is 81.5 Å². The average Bonchev–Trinajstić information content (AvgIpc) is 3.42. The van der Waals surface area contributed by atoms with Gasteiger partial charge in [-0.25, -0.2) is 4.79 Å². The number of rotatable bonds is 53. The number of allylic oxidation sites excluding steroid dienone is 10. The second-order valence-electron chi connectivity index (χ2n) is 21.3. The highest BCUT2D eigenvalue weighted by molar-refractivity contribution is 5.74. The summed E-state index contributed by atoms with van der Waals surface area (Å²) in [4.78, 5) is 51.1. The Morgan fingerprint density at radius 2 is 0.779 bits per heavy atom. The van der Waals surface area contributed by atoms with Crippen LogP contribution in [0.1, 0.15) is 278 Å². The highest BCUT2D eigenvalue weighted by Crippen LogP contribution is 2.26. The maximum absolute atomic E-state index is 13.1. The number of aliphatic hydroxyl groups is 2. The first-order valence-electron chi connectivity index (χ1n) is 31.3. The highest BCUT2D eigenvalue weighted by atomic mass is 16.7. The van der Waals surface area contributed by atoms with Gasteiger partial charge < -0.3 is 39.0 Å². The number of aliphatic hydroxyl groups excluding tert-OH is 2. The summed E-state index contributed by atoms with van der Waals surface area (Å²) in [6, 6.07) is 0. The van der Waals surface area contributed by atoms with Gasteiger partial charge in [0.2, 0.25) is 0 Å². The number of carbonyl (C=O) groups excluding carboxylic acids is 3. The average molecular weight is 1090 g/mol. The molecule has 1 saturated heterocycles. The fraction of sp³-hybridized carbons (Fsp3) is 0.785. The van der Waals surface area contributed by atoms with Crippen molar-refractivity contribution in [2.45, 2.75) is 314 Å². The molecule has 0 saturated carbocycles. The lowest BCUT2D eigenvalue weighted by Gasteiger charge is -2.40. The molecule has 1 rings (SSSR count). The molecular weight excluding hydrogens is 973 g/mol. The number of carboxylic acid groups (broad SMARTS) is 1. The van der Waals surface area contributed by atoms with E-state index in [9.17, 15) is 34.5 Å². The molecule has 0 aromatic heterocycles. The van der Waals surface area contributed by atoms with Gasteiger partial charge in [0, 0.05) is 19.3 Å². The first kappa shape index (κ1) is 71.4. The van der Waals surface area contributed by atoms with Crippen molar-refractivity contribution >= 4 is 23.9 Å². The van der Waals surface area contributed by atoms with Crippen LogP contribution in [0.15, 0.2) is 60.8 Å². The fourth-order valence-electron chi connectivity index (χ4n) is 9.23. The third-order valence-electron chi connectivity index (χ3n) is 14.1. The normalized spacial score (nSPS) is 18.4. The van der Waals surface area contributed by atoms with Crippen molar-refractivity contribution in [1.29, 1.82) is 0 Å². The van der Waals surface area contributed by atoms with Crippen LogP contribution in [-0.2, 0) is 42.9 Å². The van der Waals surface area contributed by atoms with E-state index in [-0.39, 0.29) is 25.9 Å². The Kier molecular flexibility index (Phi) is 49.2. The van der Waals surface area contributed by atoms with Crippen LogP contribution in [0.2, 0.25) is 0 Å². The Bertz CT molecular complexity index is 1570. The zero-order chi connectivity index (χ0) is 56.1. The molecule has 444 valence electrons. The van der Waals surface area contributed by atoms with Crippen LogP contribution in [-0.4, -0.2) is 89.2 Å². The molecule has 1 heterocycles. The summed E-state index contributed by atoms with van der Waals surface area (Å²) in [6.07, 6.45) is 53.3. The summed E-state index contributed by atoms with van der Waals surface area (Å²) < 4.78 is 28.4. The van der Waals surface area contributed by atoms with E-state index in [1.807, 2.05) is 0 Å². The van der Waals surface area contributed by atoms with E-state index in [0.29, 0.717) is 19.3 Å². The van der Waals surface area contributed by atoms with E-state index in [0.717, 1.165) is 109 Å². The van der Waals surface area contributed by atoms with Gasteiger partial charge in [-0.2, -0.15) is 0 Å². The quantitative estimate of drug-likeness (QED) is 0.0228. The maximum atomic E-state index is 13.1. The minimum atomic E-state index is -1.91. The Morgan fingerprint density at radius 3 is 1.21 bits per heavy atom. The minimum absolute atomic E-state index is 0.0550. The predicted octanol–water partition coefficient (Wildman–Crippen LogP) is 16.3. The summed E-state index contributed by atoms with van der Waals surface area (Å²) in [7, 11) is 0. The molecule has 1 fully saturated rings. The van der Waals surface area contributed by atoms with E-state index < -0.39 is 67.3 Å². The van der Waals surface area contributed by atoms with Crippen LogP contribution in [0.4, 0.5) is 0 Å². The number of ether oxygens (including phenoxy) is 5. The molecule has 0 aromatic carbocycles. The van der Waals surface area contributed by atoms with Crippen molar-refractivity contribution in [1.82, 2.24) is 0 Å². The van der Waals surface area contributed by atoms with Gasteiger partial charge in [0.25, 0.3) is 0 Å². The zero-order valence-electron chi connectivity index (χ0n) is 49.0. The van der Waals surface area contributed by atoms with E-state index in [4.69, 9.17) is 23.7 Å². The molecule has 77 heavy (non-hydrogen) atoms. The van der Waals surface area contributed by atoms with Gasteiger partial charge in [-0.05, 0) is 89.9 Å². The number of carboxylic acids is 1. The molecular formula is C65H112O12. The molecule has 6 unspecified atom stereocenters. The lowest BCUT2D eigenvalue weighted by Crippen LogP contribution is -2.61. The smallest absolute Gasteiger partial charge is 0.335 e. The third kappa shape index (κ3) is 43.0. The molecule has 0 aromatic rings. The topological polar surface area (TPSA) is 175 Å². The van der Waals surface area contributed by atoms with Gasteiger partial charge >= 0.3 is 23.9 Å². The second kappa shape index (κ2) is 53.1. The van der Waals surface area contributed by atoms with Gasteiger partial charge in [-0.15, -0.1) is 0 Å². The SMILES string of the molecule is CCCCC/C=C\C/C=C\C/C=C\CCCCCCCCC(=O)OCC(COC1OC(C(=O)O)C(O)C(O)C1OC(=O)CCCCCCCCCCC/C=C\C/C=C\CCCCC)OC(=O)CCCCCCCCCCC. The summed E-state index contributed by atoms with van der Waals surface area (Å²) in [5.74, 6) is -3.13. The lowest BCUT2D eigenvalue weighted by atomic mass is 9.98. The van der Waals surface area contributed by atoms with Crippen molar-refractivity contribution in [3.63, 3.8) is 0 Å². The molecule has 1 aliphatic rings. The maximum Gasteiger partial charge on any atom is 0.335 e. The Balaban J connectivity index is 2.61. The molecule has 0 spiro atoms. The van der Waals surface area contributed by atoms with Crippen LogP contribution >= 0.6 is 0 Å². The number of carbonyl (C=O) groups is 4. The molecule has 0 aliphatic carbocycles. The molecule has 0 bridgehead atoms. The first-order chi connectivity index (χ1) is 37.6. The van der Waals surface area contributed by atoms with Crippen molar-refractivity contribution in [3.8, 4) is 0 Å². The van der Waals surface area contributed by atoms with E-state index in [1.165, 1.54) is 109 Å². The van der Waals surface area contributed by atoms with Crippen LogP contribution < -0.4 is 0 Å². The first-order valence-corrected chi connectivity index (χ1v) is 31.3. The largest absolute Gasteiger partial charge is 0.479 e. The Hall–Kier alpha value is -3.58. The van der Waals surface area contributed by atoms with Gasteiger partial charge in [0.05, 0.1) is 6.61 Å². The van der Waals surface area contributed by atoms with Crippen LogP contribution in [0.3, 0.4) is 0 Å². The summed E-state index contributed by atoms with van der Waals surface area (Å²) in [6.45, 7) is 5.92. The summed E-state index contributed by atoms with van der Waals surface area (Å²) in [5, 5.41) is 31.5. The number of hydrogen-bond acceptors (Lipinski definition) is 11. The summed E-state index contributed by atoms with van der Waals surface area (Å²) >= 11 is 0. The predicted molar refractivity (Wildman–Crippen MR) is 312 cm³/mol. The van der Waals surface area contributed by atoms with Crippen molar-refractivity contribution < 1.29 is 58.2 Å². The Labute approximate surface area is 468 Å². The van der Waals surface area contributed by atoms with Crippen molar-refractivity contribution in [2.24, 2.45) is 0 Å². The molecule has 1 aliphatic heterocycles. The molecule has 0 amide bonds. The van der Waals surface area contributed by atoms with Crippen LogP contribution in [0, 0.1) is 0 Å². The number of aliphatic carboxylic acids is 1. The fourth-order valence-corrected chi connectivity index (χ4v) is 9.23. The van der Waals surface area contributed by atoms with E-state index in [1.54, 1.807) is 0 Å². The molecule has 3 N–H and O–H groups in total. The van der Waals surface area contributed by atoms with Crippen molar-refractivity contribution in [2.75, 3.05) is 13.2 Å². The lowest BCUT2D eigenvalue weighted by molar-refractivity contribution is -0.301. The highest BCUT2D eigenvalue weighted by Gasteiger charge is 2.50. The van der Waals surface area contributed by atoms with Gasteiger partial charge in [0.1, 0.15) is 18.8 Å². The second-order valence-corrected chi connectivity index (χ2v) is 21.3. The number of unbranched alkanes of at least 4 members (excludes halogenated alkanes) is 29. The molecule has 6 atom stereocenters. The summed E-state index contributed by atoms with van der Waals surface area (Å²) in [5.41, 5.74) is 0. The monoisotopic (exact) mass is 1080 g/mol. The standard InChI is InChI=1S/C65H112O12/c1-4-7-10-13-16-19-21-23-25-27-29-31-33-35-37-40-42-45-48-51-57(66)73-54-56(75-58(67)52-49-46-43-39-18-15-12-9-6-3)55-74-65-63(61(70)60(69)62(77-65)64(71)72)76-59(68)53-50-47-44-41-38-36-34-32-30-28-26-24-22-20-17-14-11-8-5-2/h16-17,19-20,23-26,29,31,56,60-63,65,69-70H,4-15,18,21-22,27-28,30,32-55H2,1-3H3,(H,71,72)/b19-16-,20-17-,25-23-,26-24-,31-29-. The van der Waals surface area contributed by atoms with E-state index >= 15 is 0 Å². The van der Waals surface area contributed by atoms with Gasteiger partial charge in [0.15, 0.2) is 24.6 Å². The van der Waals surface area contributed by atoms with Crippen LogP contribution in [0.25, 0.3) is 0 Å². The molecule has 0 radical (unpaired) electrons. The molecule has 12 heteroatoms. The van der Waals surface area contributed by atoms with Crippen LogP contribution in [0.5, 0.6) is 0 Å². The minimum Gasteiger partial charge on any atom is -0.479 e. The van der Waals surface area contributed by atoms with Gasteiger partial charge in [-0.1, -0.05) is 229 Å². The van der Waals surface area contributed by atoms with Gasteiger partial charge in [-0.3, -0.25) is 14.4 Å². The Morgan fingerprint density at radius 1 is 0.429 bits per heavy atom. The third-order valence-corrected chi connectivity index (χ3v) is 14.1. The van der Waals surface area contributed by atoms with Crippen molar-refractivity contribution in [3.05, 3.63) is 60.8 Å². The zero-order valence-corrected chi connectivity index (χ0v) is 49.0. The molecule has 12 nitrogen and oxygen atoms in total. The number of esters is 3.